The molecule has 4 rings (SSSR count). The van der Waals surface area contributed by atoms with Crippen LogP contribution in [0.25, 0.3) is 0 Å². The number of hydrogen-bond donors (Lipinski definition) is 2. The van der Waals surface area contributed by atoms with Crippen molar-refractivity contribution in [2.45, 2.75) is 12.8 Å². The standard InChI is InChI=1S/C25H21N3O5/c29-21(30)15-28-20-14-8-7-13-19(20)22(18-11-5-2-6-12-18)26-23(24(28)31)27-25(32)33-16-17-9-3-1-4-10-17/h1-14,23H,15-16H2,(H,27,32)(H,29,30)/t23-/m0/s1. The lowest BCUT2D eigenvalue weighted by molar-refractivity contribution is -0.136. The van der Waals surface area contributed by atoms with Gasteiger partial charge in [0.05, 0.1) is 11.4 Å². The van der Waals surface area contributed by atoms with Gasteiger partial charge in [0.2, 0.25) is 6.17 Å². The van der Waals surface area contributed by atoms with Crippen molar-refractivity contribution in [2.75, 3.05) is 11.4 Å². The molecule has 1 atom stereocenters. The van der Waals surface area contributed by atoms with Crippen molar-refractivity contribution < 1.29 is 24.2 Å². The third kappa shape index (κ3) is 5.07. The van der Waals surface area contributed by atoms with Gasteiger partial charge in [0.1, 0.15) is 13.2 Å². The van der Waals surface area contributed by atoms with E-state index in [1.807, 2.05) is 48.5 Å². The van der Waals surface area contributed by atoms with E-state index in [2.05, 4.69) is 10.3 Å². The van der Waals surface area contributed by atoms with Gasteiger partial charge < -0.3 is 9.84 Å². The molecule has 8 nitrogen and oxygen atoms in total. The average Bonchev–Trinajstić information content (AvgIpc) is 2.94. The van der Waals surface area contributed by atoms with Gasteiger partial charge in [-0.3, -0.25) is 19.8 Å². The van der Waals surface area contributed by atoms with Crippen LogP contribution in [0.15, 0.2) is 89.9 Å². The minimum absolute atomic E-state index is 0.0158. The molecule has 33 heavy (non-hydrogen) atoms. The minimum atomic E-state index is -1.37. The number of benzodiazepines with no additional fused rings is 1. The van der Waals surface area contributed by atoms with Crippen LogP contribution in [0, 0.1) is 0 Å². The van der Waals surface area contributed by atoms with Gasteiger partial charge in [-0.25, -0.2) is 9.79 Å². The van der Waals surface area contributed by atoms with Crippen LogP contribution in [-0.2, 0) is 20.9 Å². The molecule has 0 radical (unpaired) electrons. The Bertz CT molecular complexity index is 1190. The van der Waals surface area contributed by atoms with E-state index in [0.29, 0.717) is 17.0 Å². The Labute approximate surface area is 190 Å². The predicted octanol–water partition coefficient (Wildman–Crippen LogP) is 3.21. The van der Waals surface area contributed by atoms with Crippen molar-refractivity contribution in [3.63, 3.8) is 0 Å². The molecule has 3 aromatic rings. The summed E-state index contributed by atoms with van der Waals surface area (Å²) in [6.45, 7) is -0.563. The summed E-state index contributed by atoms with van der Waals surface area (Å²) in [7, 11) is 0. The van der Waals surface area contributed by atoms with Crippen LogP contribution in [0.2, 0.25) is 0 Å². The van der Waals surface area contributed by atoms with Crippen LogP contribution in [0.3, 0.4) is 0 Å². The topological polar surface area (TPSA) is 108 Å². The number of carboxylic acid groups (broad SMARTS) is 1. The molecule has 166 valence electrons. The summed E-state index contributed by atoms with van der Waals surface area (Å²) in [4.78, 5) is 43.0. The van der Waals surface area contributed by atoms with E-state index in [1.54, 1.807) is 36.4 Å². The number of aliphatic imine (C=N–C) groups is 1. The van der Waals surface area contributed by atoms with E-state index in [4.69, 9.17) is 4.74 Å². The Morgan fingerprint density at radius 3 is 2.27 bits per heavy atom. The Balaban J connectivity index is 1.68. The molecule has 0 bridgehead atoms. The summed E-state index contributed by atoms with van der Waals surface area (Å²) >= 11 is 0. The number of nitrogens with one attached hydrogen (secondary N) is 1. The molecule has 0 spiro atoms. The number of carbonyl (C=O) groups is 3. The zero-order valence-corrected chi connectivity index (χ0v) is 17.5. The fraction of sp³-hybridized carbons (Fsp3) is 0.120. The number of ether oxygens (including phenoxy) is 1. The molecule has 0 unspecified atom stereocenters. The SMILES string of the molecule is O=C(O)CN1C(=O)[C@H](NC(=O)OCc2ccccc2)N=C(c2ccccc2)c2ccccc21. The normalized spacial score (nSPS) is 15.2. The molecule has 2 amide bonds. The molecular weight excluding hydrogens is 422 g/mol. The number of benzene rings is 3. The molecule has 2 N–H and O–H groups in total. The maximum Gasteiger partial charge on any atom is 0.409 e. The maximum absolute atomic E-state index is 13.3. The van der Waals surface area contributed by atoms with Crippen LogP contribution in [-0.4, -0.2) is 41.5 Å². The van der Waals surface area contributed by atoms with Crippen molar-refractivity contribution in [1.29, 1.82) is 0 Å². The van der Waals surface area contributed by atoms with E-state index in [0.717, 1.165) is 16.0 Å². The van der Waals surface area contributed by atoms with Crippen molar-refractivity contribution in [1.82, 2.24) is 5.32 Å². The number of fused-ring (bicyclic) bond motifs is 1. The van der Waals surface area contributed by atoms with Gasteiger partial charge in [0.15, 0.2) is 0 Å². The number of nitrogens with zero attached hydrogens (tertiary/aromatic N) is 2. The molecular formula is C25H21N3O5. The van der Waals surface area contributed by atoms with Crippen molar-refractivity contribution >= 4 is 29.4 Å². The molecule has 0 saturated carbocycles. The first-order chi connectivity index (χ1) is 16.0. The second kappa shape index (κ2) is 9.78. The molecule has 3 aromatic carbocycles. The van der Waals surface area contributed by atoms with E-state index >= 15 is 0 Å². The second-order valence-electron chi connectivity index (χ2n) is 7.29. The summed E-state index contributed by atoms with van der Waals surface area (Å²) in [5, 5.41) is 11.9. The van der Waals surface area contributed by atoms with Crippen LogP contribution in [0.4, 0.5) is 10.5 Å². The number of aliphatic carboxylic acids is 1. The van der Waals surface area contributed by atoms with Crippen LogP contribution >= 0.6 is 0 Å². The van der Waals surface area contributed by atoms with E-state index < -0.39 is 30.7 Å². The minimum Gasteiger partial charge on any atom is -0.480 e. The first-order valence-electron chi connectivity index (χ1n) is 10.3. The molecule has 0 aliphatic carbocycles. The highest BCUT2D eigenvalue weighted by atomic mass is 16.5. The van der Waals surface area contributed by atoms with Crippen molar-refractivity contribution in [3.8, 4) is 0 Å². The van der Waals surface area contributed by atoms with Crippen LogP contribution < -0.4 is 10.2 Å². The van der Waals surface area contributed by atoms with Gasteiger partial charge in [-0.2, -0.15) is 0 Å². The molecule has 1 aliphatic rings. The number of alkyl carbamates (subject to hydrolysis) is 1. The number of para-hydroxylation sites is 1. The lowest BCUT2D eigenvalue weighted by Crippen LogP contribution is -2.49. The summed E-state index contributed by atoms with van der Waals surface area (Å²) in [5.41, 5.74) is 2.95. The zero-order valence-electron chi connectivity index (χ0n) is 17.5. The Kier molecular flexibility index (Phi) is 6.45. The quantitative estimate of drug-likeness (QED) is 0.608. The second-order valence-corrected chi connectivity index (χ2v) is 7.29. The van der Waals surface area contributed by atoms with Gasteiger partial charge >= 0.3 is 12.1 Å². The smallest absolute Gasteiger partial charge is 0.409 e. The first kappa shape index (κ1) is 21.8. The highest BCUT2D eigenvalue weighted by Gasteiger charge is 2.34. The number of amides is 2. The van der Waals surface area contributed by atoms with Crippen LogP contribution in [0.5, 0.6) is 0 Å². The first-order valence-corrected chi connectivity index (χ1v) is 10.3. The lowest BCUT2D eigenvalue weighted by Gasteiger charge is -2.23. The molecule has 0 saturated heterocycles. The molecule has 0 aromatic heterocycles. The number of anilines is 1. The third-order valence-corrected chi connectivity index (χ3v) is 5.02. The van der Waals surface area contributed by atoms with Gasteiger partial charge in [-0.05, 0) is 11.6 Å². The van der Waals surface area contributed by atoms with Gasteiger partial charge in [-0.15, -0.1) is 0 Å². The number of rotatable bonds is 6. The van der Waals surface area contributed by atoms with Crippen LogP contribution in [0.1, 0.15) is 16.7 Å². The Hall–Kier alpha value is -4.46. The Morgan fingerprint density at radius 1 is 0.939 bits per heavy atom. The fourth-order valence-corrected chi connectivity index (χ4v) is 3.52. The average molecular weight is 443 g/mol. The zero-order chi connectivity index (χ0) is 23.2. The monoisotopic (exact) mass is 443 g/mol. The largest absolute Gasteiger partial charge is 0.480 e. The van der Waals surface area contributed by atoms with Gasteiger partial charge in [0, 0.05) is 11.1 Å². The lowest BCUT2D eigenvalue weighted by atomic mass is 10.0. The summed E-state index contributed by atoms with van der Waals surface area (Å²) < 4.78 is 5.25. The van der Waals surface area contributed by atoms with E-state index in [9.17, 15) is 19.5 Å². The Morgan fingerprint density at radius 2 is 1.58 bits per heavy atom. The predicted molar refractivity (Wildman–Crippen MR) is 122 cm³/mol. The number of carboxylic acids is 1. The fourth-order valence-electron chi connectivity index (χ4n) is 3.52. The summed E-state index contributed by atoms with van der Waals surface area (Å²) in [5.74, 6) is -1.86. The highest BCUT2D eigenvalue weighted by Crippen LogP contribution is 2.28. The maximum atomic E-state index is 13.3. The highest BCUT2D eigenvalue weighted by molar-refractivity contribution is 6.20. The van der Waals surface area contributed by atoms with E-state index in [1.165, 1.54) is 0 Å². The number of carbonyl (C=O) groups excluding carboxylic acids is 2. The molecule has 1 heterocycles. The number of hydrogen-bond acceptors (Lipinski definition) is 5. The van der Waals surface area contributed by atoms with Crippen molar-refractivity contribution in [2.24, 2.45) is 4.99 Å². The molecule has 0 fully saturated rings. The van der Waals surface area contributed by atoms with Crippen molar-refractivity contribution in [3.05, 3.63) is 102 Å². The third-order valence-electron chi connectivity index (χ3n) is 5.02. The van der Waals surface area contributed by atoms with Gasteiger partial charge in [-0.1, -0.05) is 78.9 Å². The summed E-state index contributed by atoms with van der Waals surface area (Å²) in [6.07, 6.45) is -2.20. The van der Waals surface area contributed by atoms with E-state index in [-0.39, 0.29) is 6.61 Å². The van der Waals surface area contributed by atoms with Gasteiger partial charge in [0.25, 0.3) is 5.91 Å². The molecule has 8 heteroatoms. The molecule has 1 aliphatic heterocycles. The summed E-state index contributed by atoms with van der Waals surface area (Å²) in [6, 6.07) is 25.2.